The number of carbonyl (C=O) groups is 2. The molecule has 8 heterocycles. The molecule has 21 heteroatoms. The van der Waals surface area contributed by atoms with E-state index in [1.54, 1.807) is 18.3 Å². The maximum atomic E-state index is 13.8. The van der Waals surface area contributed by atoms with E-state index in [4.69, 9.17) is 38.9 Å². The van der Waals surface area contributed by atoms with E-state index < -0.39 is 103 Å². The number of carboxylic acid groups (broad SMARTS) is 1. The molecule has 0 radical (unpaired) electrons. The molecule has 14 unspecified atom stereocenters. The Balaban J connectivity index is 1.10. The first kappa shape index (κ1) is 50.9. The molecule has 1 aliphatic carbocycles. The lowest BCUT2D eigenvalue weighted by atomic mass is 9.59. The van der Waals surface area contributed by atoms with Crippen LogP contribution in [0.4, 0.5) is 0 Å². The number of aromatic nitrogens is 2. The number of fused-ring (bicyclic) bond motifs is 6. The maximum Gasteiger partial charge on any atom is 0.317 e. The molecule has 21 nitrogen and oxygen atoms in total. The van der Waals surface area contributed by atoms with E-state index >= 15 is 0 Å². The average molecular weight is 1060 g/mol. The van der Waals surface area contributed by atoms with Gasteiger partial charge < -0.3 is 94.6 Å². The molecule has 0 amide bonds. The van der Waals surface area contributed by atoms with Crippen LogP contribution < -0.4 is 34.7 Å². The molecule has 406 valence electrons. The quantitative estimate of drug-likeness (QED) is 0.0369. The second kappa shape index (κ2) is 19.6. The lowest BCUT2D eigenvalue weighted by molar-refractivity contribution is -0.377. The number of aliphatic hydroxyl groups is 7. The number of nitrogens with zero attached hydrogens (tertiary/aromatic N) is 1. The third-order valence-corrected chi connectivity index (χ3v) is 17.1. The van der Waals surface area contributed by atoms with Gasteiger partial charge in [0.15, 0.2) is 35.6 Å². The number of nitrogens with two attached hydrogens (primary N) is 1. The Hall–Kier alpha value is -6.84. The third-order valence-electron chi connectivity index (χ3n) is 17.1. The summed E-state index contributed by atoms with van der Waals surface area (Å²) in [5.74, 6) is 3.19. The van der Waals surface area contributed by atoms with Gasteiger partial charge in [-0.2, -0.15) is 0 Å². The minimum atomic E-state index is -2.44. The molecule has 1 saturated carbocycles. The van der Waals surface area contributed by atoms with Crippen LogP contribution >= 0.6 is 0 Å². The zero-order valence-electron chi connectivity index (χ0n) is 41.6. The molecule has 3 aromatic carbocycles. The summed E-state index contributed by atoms with van der Waals surface area (Å²) in [6, 6.07) is 16.6. The Labute approximate surface area is 440 Å². The van der Waals surface area contributed by atoms with Crippen molar-refractivity contribution in [2.45, 2.75) is 130 Å². The van der Waals surface area contributed by atoms with E-state index in [0.29, 0.717) is 52.7 Å². The van der Waals surface area contributed by atoms with Gasteiger partial charge in [0.1, 0.15) is 61.2 Å². The van der Waals surface area contributed by atoms with E-state index in [9.17, 15) is 50.4 Å². The predicted octanol–water partition coefficient (Wildman–Crippen LogP) is 2.19. The molecule has 77 heavy (non-hydrogen) atoms. The van der Waals surface area contributed by atoms with Crippen LogP contribution in [0.15, 0.2) is 79.3 Å². The summed E-state index contributed by atoms with van der Waals surface area (Å²) in [7, 11) is 0. The van der Waals surface area contributed by atoms with Crippen molar-refractivity contribution in [2.24, 2.45) is 17.1 Å². The summed E-state index contributed by atoms with van der Waals surface area (Å²) in [6.07, 6.45) is -4.54. The van der Waals surface area contributed by atoms with E-state index in [1.807, 2.05) is 53.2 Å². The number of esters is 1. The second-order valence-corrected chi connectivity index (χ2v) is 21.2. The van der Waals surface area contributed by atoms with Crippen molar-refractivity contribution in [2.75, 3.05) is 20.0 Å². The number of aliphatic carboxylic acids is 1. The van der Waals surface area contributed by atoms with Gasteiger partial charge in [-0.25, -0.2) is 0 Å². The predicted molar refractivity (Wildman–Crippen MR) is 268 cm³/mol. The van der Waals surface area contributed by atoms with E-state index in [-0.39, 0.29) is 80.3 Å². The Kier molecular flexibility index (Phi) is 12.9. The lowest BCUT2D eigenvalue weighted by Gasteiger charge is -2.59. The van der Waals surface area contributed by atoms with Gasteiger partial charge in [-0.05, 0) is 80.0 Å². The summed E-state index contributed by atoms with van der Waals surface area (Å²) < 4.78 is 48.2. The SMILES string of the molecule is NC1NC=CC2(OC3Oc4cc5c(c(Cn6cc7cc[nH]c7c6CO)c4CC4(CCC(CCCO)C4)C3(O)C(O)C2O)C2Oc3c4ccc(OCO)c3OCC(O)C#CC(c3ccccc3)C(O5)C42)C1OC(=O)CC(=O)O. The highest BCUT2D eigenvalue weighted by Gasteiger charge is 2.73. The van der Waals surface area contributed by atoms with Crippen LogP contribution in [0.2, 0.25) is 0 Å². The molecule has 12 N–H and O–H groups in total. The molecular weight excluding hydrogens is 1000 g/mol. The first-order chi connectivity index (χ1) is 37.2. The summed E-state index contributed by atoms with van der Waals surface area (Å²) in [4.78, 5) is 28.1. The van der Waals surface area contributed by atoms with Crippen LogP contribution in [0.1, 0.15) is 90.0 Å². The molecule has 12 rings (SSSR count). The molecule has 7 aliphatic rings. The van der Waals surface area contributed by atoms with Gasteiger partial charge >= 0.3 is 11.9 Å². The normalized spacial score (nSPS) is 33.1. The smallest absolute Gasteiger partial charge is 0.317 e. The van der Waals surface area contributed by atoms with Crippen molar-refractivity contribution >= 4 is 22.8 Å². The zero-order valence-corrected chi connectivity index (χ0v) is 41.6. The number of benzene rings is 3. The van der Waals surface area contributed by atoms with Crippen LogP contribution in [0.3, 0.4) is 0 Å². The average Bonchev–Trinajstić information content (AvgIpc) is 4.28. The number of carboxylic acids is 1. The van der Waals surface area contributed by atoms with Crippen LogP contribution in [0.25, 0.3) is 10.9 Å². The highest BCUT2D eigenvalue weighted by atomic mass is 16.7. The summed E-state index contributed by atoms with van der Waals surface area (Å²) >= 11 is 0. The van der Waals surface area contributed by atoms with Crippen LogP contribution in [-0.4, -0.2) is 137 Å². The number of aromatic amines is 1. The molecule has 1 saturated heterocycles. The maximum absolute atomic E-state index is 13.8. The summed E-state index contributed by atoms with van der Waals surface area (Å²) in [5, 5.41) is 94.8. The van der Waals surface area contributed by atoms with Crippen LogP contribution in [-0.2, 0) is 38.6 Å². The molecule has 6 aliphatic heterocycles. The van der Waals surface area contributed by atoms with Crippen LogP contribution in [0.5, 0.6) is 28.7 Å². The van der Waals surface area contributed by atoms with Crippen molar-refractivity contribution in [1.82, 2.24) is 14.9 Å². The molecule has 2 aromatic heterocycles. The zero-order chi connectivity index (χ0) is 53.5. The van der Waals surface area contributed by atoms with Gasteiger partial charge in [-0.3, -0.25) is 9.59 Å². The van der Waals surface area contributed by atoms with Gasteiger partial charge in [0.25, 0.3) is 0 Å². The second-order valence-electron chi connectivity index (χ2n) is 21.2. The Bertz CT molecular complexity index is 3210. The fourth-order valence-electron chi connectivity index (χ4n) is 13.6. The molecule has 14 atom stereocenters. The minimum Gasteiger partial charge on any atom is -0.487 e. The fourth-order valence-corrected chi connectivity index (χ4v) is 13.6. The van der Waals surface area contributed by atoms with Gasteiger partial charge in [0, 0.05) is 59.1 Å². The molecule has 2 fully saturated rings. The van der Waals surface area contributed by atoms with Gasteiger partial charge in [0.2, 0.25) is 12.0 Å². The van der Waals surface area contributed by atoms with Crippen molar-refractivity contribution in [3.05, 3.63) is 113 Å². The minimum absolute atomic E-state index is 0.0157. The Morgan fingerprint density at radius 1 is 0.974 bits per heavy atom. The third kappa shape index (κ3) is 8.11. The Morgan fingerprint density at radius 2 is 1.81 bits per heavy atom. The van der Waals surface area contributed by atoms with Crippen molar-refractivity contribution in [1.29, 1.82) is 0 Å². The van der Waals surface area contributed by atoms with Crippen molar-refractivity contribution < 1.29 is 83.6 Å². The van der Waals surface area contributed by atoms with E-state index in [0.717, 1.165) is 10.9 Å². The van der Waals surface area contributed by atoms with E-state index in [2.05, 4.69) is 22.1 Å². The first-order valence-corrected chi connectivity index (χ1v) is 25.9. The molecule has 5 aromatic rings. The summed E-state index contributed by atoms with van der Waals surface area (Å²) in [6.45, 7) is -1.33. The molecule has 2 spiro atoms. The number of hydrogen-bond acceptors (Lipinski definition) is 18. The fraction of sp³-hybridized carbons (Fsp3) is 0.464. The van der Waals surface area contributed by atoms with Crippen molar-refractivity contribution in [3.63, 3.8) is 0 Å². The monoisotopic (exact) mass is 1060 g/mol. The first-order valence-electron chi connectivity index (χ1n) is 25.9. The largest absolute Gasteiger partial charge is 0.487 e. The number of carbonyl (C=O) groups excluding carboxylic acids is 1. The number of rotatable bonds is 12. The number of nitrogens with one attached hydrogen (secondary N) is 2. The van der Waals surface area contributed by atoms with Gasteiger partial charge in [0.05, 0.1) is 29.7 Å². The lowest BCUT2D eigenvalue weighted by Crippen LogP contribution is -2.80. The van der Waals surface area contributed by atoms with Gasteiger partial charge in [-0.15, -0.1) is 0 Å². The molecule has 4 bridgehead atoms. The number of H-pyrrole nitrogens is 1. The molecular formula is C56H60N4O17. The highest BCUT2D eigenvalue weighted by molar-refractivity contribution is 5.90. The van der Waals surface area contributed by atoms with Crippen LogP contribution in [0, 0.1) is 23.2 Å². The number of ether oxygens (including phenoxy) is 7. The number of hydrogen-bond donors (Lipinski definition) is 11. The van der Waals surface area contributed by atoms with Gasteiger partial charge in [-0.1, -0.05) is 48.2 Å². The van der Waals surface area contributed by atoms with E-state index in [1.165, 1.54) is 12.3 Å². The number of aliphatic hydroxyl groups excluding tert-OH is 6. The standard InChI is InChI=1S/C56H60N4O17/c57-52-51(75-41(67)20-40(65)66)55(15-17-59-52)49(68)50(69)56(70)53(77-55)74-38-19-39-42(35(24-60-23-30-13-16-58-44(30)36(60)25-62)34(38)22-54(56)14-12-28(21-54)5-4-18-61)48-43-33-10-11-37(72-27-63)47(46(33)76-48)71-26-31(64)8-9-32(45(43)73-39)29-6-2-1-3-7-29/h1-3,6-7,10-11,13,15-17,19,23,28,31-32,43,45,48-53,58-59,61-64,68-70H,4-5,12,14,18,20-22,24-27,57H2,(H,65,66). The van der Waals surface area contributed by atoms with Crippen molar-refractivity contribution in [3.8, 4) is 40.6 Å². The summed E-state index contributed by atoms with van der Waals surface area (Å²) in [5.41, 5.74) is 4.96. The Morgan fingerprint density at radius 3 is 2.58 bits per heavy atom. The highest BCUT2D eigenvalue weighted by Crippen LogP contribution is 2.65. The topological polar surface area (TPSA) is 319 Å².